The Morgan fingerprint density at radius 3 is 2.90 bits per heavy atom. The summed E-state index contributed by atoms with van der Waals surface area (Å²) in [5.41, 5.74) is 8.32. The van der Waals surface area contributed by atoms with Gasteiger partial charge in [0.25, 0.3) is 0 Å². The number of amides is 1. The summed E-state index contributed by atoms with van der Waals surface area (Å²) in [5, 5.41) is 2.90. The quantitative estimate of drug-likeness (QED) is 0.885. The fraction of sp³-hybridized carbons (Fsp3) is 0.500. The molecule has 4 rings (SSSR count). The van der Waals surface area contributed by atoms with Crippen molar-refractivity contribution < 1.29 is 9.21 Å². The molecule has 1 unspecified atom stereocenters. The smallest absolute Gasteiger partial charge is 0.225 e. The number of carbonyl (C=O) groups is 1. The van der Waals surface area contributed by atoms with Crippen molar-refractivity contribution in [1.29, 1.82) is 0 Å². The van der Waals surface area contributed by atoms with Crippen molar-refractivity contribution in [1.82, 2.24) is 4.98 Å². The first-order chi connectivity index (χ1) is 10.2. The summed E-state index contributed by atoms with van der Waals surface area (Å²) < 4.78 is 5.71. The second kappa shape index (κ2) is 4.84. The third kappa shape index (κ3) is 2.78. The van der Waals surface area contributed by atoms with Crippen LogP contribution in [0.4, 0.5) is 5.69 Å². The molecule has 0 saturated heterocycles. The highest BCUT2D eigenvalue weighted by molar-refractivity contribution is 5.93. The minimum Gasteiger partial charge on any atom is -0.440 e. The predicted molar refractivity (Wildman–Crippen MR) is 79.9 cm³/mol. The van der Waals surface area contributed by atoms with Gasteiger partial charge in [0.15, 0.2) is 11.5 Å². The predicted octanol–water partition coefficient (Wildman–Crippen LogP) is 2.77. The molecular formula is C16H19N3O2. The molecule has 2 aliphatic carbocycles. The highest BCUT2D eigenvalue weighted by Gasteiger charge is 2.30. The maximum Gasteiger partial charge on any atom is 0.225 e. The molecule has 5 heteroatoms. The number of hydrogen-bond acceptors (Lipinski definition) is 4. The first-order valence-electron chi connectivity index (χ1n) is 7.65. The maximum absolute atomic E-state index is 12.0. The largest absolute Gasteiger partial charge is 0.440 e. The van der Waals surface area contributed by atoms with Gasteiger partial charge in [0.1, 0.15) is 5.52 Å². The zero-order valence-electron chi connectivity index (χ0n) is 11.8. The van der Waals surface area contributed by atoms with E-state index in [-0.39, 0.29) is 11.9 Å². The lowest BCUT2D eigenvalue weighted by atomic mass is 10.1. The Labute approximate surface area is 122 Å². The molecule has 0 bridgehead atoms. The van der Waals surface area contributed by atoms with Gasteiger partial charge in [-0.2, -0.15) is 0 Å². The summed E-state index contributed by atoms with van der Waals surface area (Å²) in [4.78, 5) is 16.5. The number of anilines is 1. The van der Waals surface area contributed by atoms with Crippen molar-refractivity contribution in [3.05, 3.63) is 24.1 Å². The van der Waals surface area contributed by atoms with Crippen LogP contribution >= 0.6 is 0 Å². The van der Waals surface area contributed by atoms with E-state index in [2.05, 4.69) is 10.3 Å². The van der Waals surface area contributed by atoms with E-state index in [1.54, 1.807) is 0 Å². The van der Waals surface area contributed by atoms with E-state index in [9.17, 15) is 4.79 Å². The first-order valence-corrected chi connectivity index (χ1v) is 7.65. The van der Waals surface area contributed by atoms with Gasteiger partial charge in [0, 0.05) is 24.1 Å². The van der Waals surface area contributed by atoms with Crippen LogP contribution in [-0.2, 0) is 4.79 Å². The summed E-state index contributed by atoms with van der Waals surface area (Å²) in [6.45, 7) is 0. The van der Waals surface area contributed by atoms with Gasteiger partial charge >= 0.3 is 0 Å². The van der Waals surface area contributed by atoms with E-state index in [4.69, 9.17) is 10.2 Å². The van der Waals surface area contributed by atoms with E-state index in [1.807, 2.05) is 18.2 Å². The SMILES string of the molecule is NC(CC(=O)Nc1ccc2oc(C3CC3)nc2c1)C1CC1. The van der Waals surface area contributed by atoms with Crippen molar-refractivity contribution in [2.24, 2.45) is 11.7 Å². The van der Waals surface area contributed by atoms with Crippen molar-refractivity contribution in [2.75, 3.05) is 5.32 Å². The van der Waals surface area contributed by atoms with Gasteiger partial charge in [-0.3, -0.25) is 4.79 Å². The third-order valence-electron chi connectivity index (χ3n) is 4.26. The number of rotatable bonds is 5. The number of aromatic nitrogens is 1. The first kappa shape index (κ1) is 12.8. The number of fused-ring (bicyclic) bond motifs is 1. The Bertz CT molecular complexity index is 686. The summed E-state index contributed by atoms with van der Waals surface area (Å²) in [6.07, 6.45) is 5.02. The average Bonchev–Trinajstić information content (AvgIpc) is 3.34. The van der Waals surface area contributed by atoms with Gasteiger partial charge in [-0.25, -0.2) is 4.98 Å². The minimum atomic E-state index is -0.0281. The summed E-state index contributed by atoms with van der Waals surface area (Å²) >= 11 is 0. The van der Waals surface area contributed by atoms with Gasteiger partial charge < -0.3 is 15.5 Å². The molecule has 1 amide bonds. The standard InChI is InChI=1S/C16H19N3O2/c17-12(9-1-2-9)8-15(20)18-11-5-6-14-13(7-11)19-16(21-14)10-3-4-10/h5-7,9-10,12H,1-4,8,17H2,(H,18,20). The van der Waals surface area contributed by atoms with E-state index in [0.29, 0.717) is 18.3 Å². The van der Waals surface area contributed by atoms with Crippen molar-refractivity contribution in [3.8, 4) is 0 Å². The van der Waals surface area contributed by atoms with Crippen LogP contribution in [0, 0.1) is 5.92 Å². The van der Waals surface area contributed by atoms with Crippen LogP contribution in [0.3, 0.4) is 0 Å². The number of benzene rings is 1. The molecule has 1 atom stereocenters. The number of hydrogen-bond donors (Lipinski definition) is 2. The molecule has 2 aromatic rings. The monoisotopic (exact) mass is 285 g/mol. The van der Waals surface area contributed by atoms with E-state index in [0.717, 1.165) is 48.4 Å². The maximum atomic E-state index is 12.0. The van der Waals surface area contributed by atoms with Crippen molar-refractivity contribution in [2.45, 2.75) is 44.1 Å². The van der Waals surface area contributed by atoms with E-state index >= 15 is 0 Å². The second-order valence-electron chi connectivity index (χ2n) is 6.26. The number of nitrogens with one attached hydrogen (secondary N) is 1. The topological polar surface area (TPSA) is 81.2 Å². The van der Waals surface area contributed by atoms with Crippen molar-refractivity contribution in [3.63, 3.8) is 0 Å². The highest BCUT2D eigenvalue weighted by atomic mass is 16.3. The normalized spacial score (nSPS) is 19.7. The summed E-state index contributed by atoms with van der Waals surface area (Å²) in [6, 6.07) is 5.57. The molecule has 21 heavy (non-hydrogen) atoms. The number of oxazole rings is 1. The lowest BCUT2D eigenvalue weighted by molar-refractivity contribution is -0.116. The molecule has 1 aromatic heterocycles. The zero-order valence-corrected chi connectivity index (χ0v) is 11.8. The molecule has 0 radical (unpaired) electrons. The minimum absolute atomic E-state index is 0.0118. The van der Waals surface area contributed by atoms with Gasteiger partial charge in [0.2, 0.25) is 5.91 Å². The lowest BCUT2D eigenvalue weighted by Gasteiger charge is -2.10. The van der Waals surface area contributed by atoms with E-state index in [1.165, 1.54) is 0 Å². The van der Waals surface area contributed by atoms with Crippen LogP contribution in [0.25, 0.3) is 11.1 Å². The van der Waals surface area contributed by atoms with Crippen LogP contribution in [0.1, 0.15) is 43.9 Å². The average molecular weight is 285 g/mol. The fourth-order valence-corrected chi connectivity index (χ4v) is 2.65. The fourth-order valence-electron chi connectivity index (χ4n) is 2.65. The Hall–Kier alpha value is -1.88. The highest BCUT2D eigenvalue weighted by Crippen LogP contribution is 2.40. The molecule has 2 saturated carbocycles. The van der Waals surface area contributed by atoms with Crippen LogP contribution in [-0.4, -0.2) is 16.9 Å². The van der Waals surface area contributed by atoms with Gasteiger partial charge in [-0.1, -0.05) is 0 Å². The Balaban J connectivity index is 1.46. The van der Waals surface area contributed by atoms with Gasteiger partial charge in [-0.05, 0) is 49.8 Å². The second-order valence-corrected chi connectivity index (χ2v) is 6.26. The number of carbonyl (C=O) groups excluding carboxylic acids is 1. The van der Waals surface area contributed by atoms with Crippen LogP contribution in [0.2, 0.25) is 0 Å². The Morgan fingerprint density at radius 1 is 1.38 bits per heavy atom. The molecule has 0 spiro atoms. The molecule has 0 aliphatic heterocycles. The Kier molecular flexibility index (Phi) is 2.96. The molecule has 1 heterocycles. The molecule has 1 aromatic carbocycles. The molecule has 5 nitrogen and oxygen atoms in total. The van der Waals surface area contributed by atoms with Crippen LogP contribution < -0.4 is 11.1 Å². The number of nitrogens with zero attached hydrogens (tertiary/aromatic N) is 1. The van der Waals surface area contributed by atoms with Crippen LogP contribution in [0.15, 0.2) is 22.6 Å². The third-order valence-corrected chi connectivity index (χ3v) is 4.26. The van der Waals surface area contributed by atoms with E-state index < -0.39 is 0 Å². The Morgan fingerprint density at radius 2 is 2.19 bits per heavy atom. The molecule has 110 valence electrons. The molecular weight excluding hydrogens is 266 g/mol. The van der Waals surface area contributed by atoms with Gasteiger partial charge in [-0.15, -0.1) is 0 Å². The summed E-state index contributed by atoms with van der Waals surface area (Å²) in [7, 11) is 0. The molecule has 2 fully saturated rings. The number of nitrogens with two attached hydrogens (primary N) is 1. The van der Waals surface area contributed by atoms with Crippen LogP contribution in [0.5, 0.6) is 0 Å². The molecule has 3 N–H and O–H groups in total. The lowest BCUT2D eigenvalue weighted by Crippen LogP contribution is -2.28. The van der Waals surface area contributed by atoms with Crippen molar-refractivity contribution >= 4 is 22.7 Å². The van der Waals surface area contributed by atoms with Gasteiger partial charge in [0.05, 0.1) is 0 Å². The zero-order chi connectivity index (χ0) is 14.4. The molecule has 2 aliphatic rings. The summed E-state index contributed by atoms with van der Waals surface area (Å²) in [5.74, 6) is 1.82.